The van der Waals surface area contributed by atoms with Crippen molar-refractivity contribution in [2.45, 2.75) is 0 Å². The zero-order valence-corrected chi connectivity index (χ0v) is 11.4. The van der Waals surface area contributed by atoms with Gasteiger partial charge in [-0.1, -0.05) is 23.2 Å². The number of halogens is 2. The topological polar surface area (TPSA) is 6.48 Å². The fraction of sp³-hybridized carbons (Fsp3) is 0.538. The third-order valence-electron chi connectivity index (χ3n) is 3.94. The standard InChI is InChI=1S/C13H16Cl2N2/c1-16-5-9-7-17(8-10(9)6-16)11-2-3-12(14)13(15)4-11/h2-4,9-10H,5-8H2,1H3. The van der Waals surface area contributed by atoms with Gasteiger partial charge in [-0.3, -0.25) is 0 Å². The zero-order chi connectivity index (χ0) is 12.0. The molecule has 2 unspecified atom stereocenters. The second-order valence-corrected chi connectivity index (χ2v) is 6.06. The molecule has 0 N–H and O–H groups in total. The van der Waals surface area contributed by atoms with E-state index in [0.717, 1.165) is 24.9 Å². The molecule has 17 heavy (non-hydrogen) atoms. The fourth-order valence-corrected chi connectivity index (χ4v) is 3.41. The van der Waals surface area contributed by atoms with Crippen molar-refractivity contribution in [1.29, 1.82) is 0 Å². The van der Waals surface area contributed by atoms with Crippen molar-refractivity contribution in [2.75, 3.05) is 38.1 Å². The number of likely N-dealkylation sites (tertiary alicyclic amines) is 1. The van der Waals surface area contributed by atoms with E-state index in [4.69, 9.17) is 23.2 Å². The molecule has 2 fully saturated rings. The van der Waals surface area contributed by atoms with Crippen molar-refractivity contribution in [3.05, 3.63) is 28.2 Å². The Balaban J connectivity index is 1.77. The smallest absolute Gasteiger partial charge is 0.0612 e. The molecule has 1 aromatic rings. The van der Waals surface area contributed by atoms with Crippen molar-refractivity contribution in [1.82, 2.24) is 4.90 Å². The first-order chi connectivity index (χ1) is 8.13. The van der Waals surface area contributed by atoms with Crippen LogP contribution in [0.2, 0.25) is 10.0 Å². The Morgan fingerprint density at radius 2 is 1.65 bits per heavy atom. The molecule has 1 aromatic carbocycles. The second kappa shape index (κ2) is 4.34. The molecule has 0 saturated carbocycles. The Kier molecular flexibility index (Phi) is 2.97. The summed E-state index contributed by atoms with van der Waals surface area (Å²) in [5, 5.41) is 1.29. The normalized spacial score (nSPS) is 28.8. The lowest BCUT2D eigenvalue weighted by Crippen LogP contribution is -2.26. The predicted molar refractivity (Wildman–Crippen MR) is 73.2 cm³/mol. The molecule has 2 saturated heterocycles. The predicted octanol–water partition coefficient (Wildman–Crippen LogP) is 2.99. The number of rotatable bonds is 1. The summed E-state index contributed by atoms with van der Waals surface area (Å²) in [7, 11) is 2.21. The minimum absolute atomic E-state index is 0.634. The van der Waals surface area contributed by atoms with Gasteiger partial charge in [0.2, 0.25) is 0 Å². The van der Waals surface area contributed by atoms with E-state index in [1.54, 1.807) is 0 Å². The van der Waals surface area contributed by atoms with Gasteiger partial charge in [0.25, 0.3) is 0 Å². The Hall–Kier alpha value is -0.440. The zero-order valence-electron chi connectivity index (χ0n) is 9.87. The van der Waals surface area contributed by atoms with Crippen LogP contribution in [0.25, 0.3) is 0 Å². The van der Waals surface area contributed by atoms with Crippen molar-refractivity contribution in [2.24, 2.45) is 11.8 Å². The summed E-state index contributed by atoms with van der Waals surface area (Å²) in [6.07, 6.45) is 0. The third kappa shape index (κ3) is 2.14. The van der Waals surface area contributed by atoms with Gasteiger partial charge in [-0.2, -0.15) is 0 Å². The number of nitrogens with zero attached hydrogens (tertiary/aromatic N) is 2. The summed E-state index contributed by atoms with van der Waals surface area (Å²) in [5.74, 6) is 1.63. The van der Waals surface area contributed by atoms with E-state index in [9.17, 15) is 0 Å². The highest BCUT2D eigenvalue weighted by Gasteiger charge is 2.38. The summed E-state index contributed by atoms with van der Waals surface area (Å²) in [6, 6.07) is 5.94. The molecular weight excluding hydrogens is 255 g/mol. The first-order valence-corrected chi connectivity index (χ1v) is 6.77. The highest BCUT2D eigenvalue weighted by atomic mass is 35.5. The lowest BCUT2D eigenvalue weighted by molar-refractivity contribution is 0.387. The minimum atomic E-state index is 0.634. The van der Waals surface area contributed by atoms with Gasteiger partial charge >= 0.3 is 0 Å². The molecule has 2 nitrogen and oxygen atoms in total. The highest BCUT2D eigenvalue weighted by molar-refractivity contribution is 6.42. The van der Waals surface area contributed by atoms with E-state index in [1.807, 2.05) is 12.1 Å². The monoisotopic (exact) mass is 270 g/mol. The first-order valence-electron chi connectivity index (χ1n) is 6.02. The van der Waals surface area contributed by atoms with Crippen molar-refractivity contribution >= 4 is 28.9 Å². The van der Waals surface area contributed by atoms with Gasteiger partial charge in [0.1, 0.15) is 0 Å². The SMILES string of the molecule is CN1CC2CN(c3ccc(Cl)c(Cl)c3)CC2C1. The van der Waals surface area contributed by atoms with Crippen molar-refractivity contribution < 1.29 is 0 Å². The average molecular weight is 271 g/mol. The molecule has 0 amide bonds. The van der Waals surface area contributed by atoms with Gasteiger partial charge in [-0.25, -0.2) is 0 Å². The third-order valence-corrected chi connectivity index (χ3v) is 4.68. The average Bonchev–Trinajstić information content (AvgIpc) is 2.79. The van der Waals surface area contributed by atoms with Crippen LogP contribution in [-0.4, -0.2) is 38.1 Å². The van der Waals surface area contributed by atoms with Crippen LogP contribution in [0.5, 0.6) is 0 Å². The van der Waals surface area contributed by atoms with E-state index in [0.29, 0.717) is 10.0 Å². The number of hydrogen-bond acceptors (Lipinski definition) is 2. The fourth-order valence-electron chi connectivity index (χ4n) is 3.12. The van der Waals surface area contributed by atoms with Gasteiger partial charge in [0.05, 0.1) is 10.0 Å². The maximum atomic E-state index is 6.07. The Morgan fingerprint density at radius 1 is 1.00 bits per heavy atom. The van der Waals surface area contributed by atoms with Crippen LogP contribution in [-0.2, 0) is 0 Å². The molecular formula is C13H16Cl2N2. The summed E-state index contributed by atoms with van der Waals surface area (Å²) < 4.78 is 0. The maximum absolute atomic E-state index is 6.07. The quantitative estimate of drug-likeness (QED) is 0.774. The Labute approximate surface area is 112 Å². The van der Waals surface area contributed by atoms with Crippen LogP contribution in [0.3, 0.4) is 0 Å². The molecule has 0 radical (unpaired) electrons. The van der Waals surface area contributed by atoms with Crippen molar-refractivity contribution in [3.63, 3.8) is 0 Å². The van der Waals surface area contributed by atoms with Gasteiger partial charge < -0.3 is 9.80 Å². The summed E-state index contributed by atoms with van der Waals surface area (Å²) in [4.78, 5) is 4.87. The number of anilines is 1. The summed E-state index contributed by atoms with van der Waals surface area (Å²) in [5.41, 5.74) is 1.21. The lowest BCUT2D eigenvalue weighted by Gasteiger charge is -2.21. The number of fused-ring (bicyclic) bond motifs is 1. The molecule has 4 heteroatoms. The van der Waals surface area contributed by atoms with Crippen LogP contribution >= 0.6 is 23.2 Å². The van der Waals surface area contributed by atoms with E-state index in [-0.39, 0.29) is 0 Å². The molecule has 2 aliphatic rings. The van der Waals surface area contributed by atoms with E-state index >= 15 is 0 Å². The number of hydrogen-bond donors (Lipinski definition) is 0. The largest absolute Gasteiger partial charge is 0.371 e. The van der Waals surface area contributed by atoms with Crippen molar-refractivity contribution in [3.8, 4) is 0 Å². The Morgan fingerprint density at radius 3 is 2.24 bits per heavy atom. The van der Waals surface area contributed by atoms with Gasteiger partial charge in [-0.15, -0.1) is 0 Å². The molecule has 0 bridgehead atoms. The first kappa shape index (κ1) is 11.6. The van der Waals surface area contributed by atoms with E-state index < -0.39 is 0 Å². The molecule has 2 atom stereocenters. The molecule has 3 rings (SSSR count). The van der Waals surface area contributed by atoms with Crippen LogP contribution in [0.1, 0.15) is 0 Å². The molecule has 92 valence electrons. The summed E-state index contributed by atoms with van der Waals surface area (Å²) in [6.45, 7) is 4.74. The Bertz CT molecular complexity index is 421. The van der Waals surface area contributed by atoms with Gasteiger partial charge in [0.15, 0.2) is 0 Å². The van der Waals surface area contributed by atoms with Crippen LogP contribution in [0.15, 0.2) is 18.2 Å². The lowest BCUT2D eigenvalue weighted by atomic mass is 10.0. The van der Waals surface area contributed by atoms with Crippen LogP contribution in [0, 0.1) is 11.8 Å². The van der Waals surface area contributed by atoms with E-state index in [2.05, 4.69) is 22.9 Å². The van der Waals surface area contributed by atoms with Gasteiger partial charge in [-0.05, 0) is 37.1 Å². The van der Waals surface area contributed by atoms with Gasteiger partial charge in [0, 0.05) is 31.9 Å². The second-order valence-electron chi connectivity index (χ2n) is 5.24. The van der Waals surface area contributed by atoms with E-state index in [1.165, 1.54) is 18.8 Å². The van der Waals surface area contributed by atoms with Crippen LogP contribution < -0.4 is 4.90 Å². The molecule has 2 heterocycles. The number of benzene rings is 1. The minimum Gasteiger partial charge on any atom is -0.371 e. The molecule has 2 aliphatic heterocycles. The summed E-state index contributed by atoms with van der Waals surface area (Å²) >= 11 is 12.0. The highest BCUT2D eigenvalue weighted by Crippen LogP contribution is 2.35. The van der Waals surface area contributed by atoms with Crippen LogP contribution in [0.4, 0.5) is 5.69 Å². The molecule has 0 spiro atoms. The molecule has 0 aromatic heterocycles. The molecule has 0 aliphatic carbocycles. The maximum Gasteiger partial charge on any atom is 0.0612 e.